The summed E-state index contributed by atoms with van der Waals surface area (Å²) in [5.74, 6) is 1.00. The highest BCUT2D eigenvalue weighted by atomic mass is 16.1. The second kappa shape index (κ2) is 7.52. The second-order valence-corrected chi connectivity index (χ2v) is 8.03. The van der Waals surface area contributed by atoms with Crippen LogP contribution < -0.4 is 11.1 Å². The molecule has 7 nitrogen and oxygen atoms in total. The maximum absolute atomic E-state index is 11.9. The Kier molecular flexibility index (Phi) is 4.67. The molecule has 0 aliphatic carbocycles. The highest BCUT2D eigenvalue weighted by molar-refractivity contribution is 6.06. The van der Waals surface area contributed by atoms with Crippen LogP contribution in [0.15, 0.2) is 54.6 Å². The number of benzene rings is 2. The number of carbonyl (C=O) groups is 1. The van der Waals surface area contributed by atoms with Crippen molar-refractivity contribution in [3.8, 4) is 5.95 Å². The number of anilines is 1. The van der Waals surface area contributed by atoms with Gasteiger partial charge in [-0.1, -0.05) is 36.4 Å². The molecule has 0 unspecified atom stereocenters. The van der Waals surface area contributed by atoms with Crippen LogP contribution in [0.1, 0.15) is 32.9 Å². The average molecular weight is 412 g/mol. The fourth-order valence-electron chi connectivity index (χ4n) is 4.27. The number of aromatic nitrogens is 3. The van der Waals surface area contributed by atoms with Gasteiger partial charge in [-0.2, -0.15) is 4.98 Å². The van der Waals surface area contributed by atoms with Gasteiger partial charge in [0, 0.05) is 41.8 Å². The number of nitrogens with one attached hydrogen (secondary N) is 1. The first-order valence-corrected chi connectivity index (χ1v) is 10.3. The zero-order chi connectivity index (χ0) is 21.5. The van der Waals surface area contributed by atoms with Gasteiger partial charge in [0.1, 0.15) is 5.82 Å². The Labute approximate surface area is 180 Å². The van der Waals surface area contributed by atoms with E-state index < -0.39 is 5.91 Å². The van der Waals surface area contributed by atoms with Crippen molar-refractivity contribution >= 4 is 22.6 Å². The van der Waals surface area contributed by atoms with Gasteiger partial charge < -0.3 is 11.1 Å². The van der Waals surface area contributed by atoms with Crippen LogP contribution in [0.2, 0.25) is 0 Å². The predicted octanol–water partition coefficient (Wildman–Crippen LogP) is 3.39. The van der Waals surface area contributed by atoms with Gasteiger partial charge in [-0.15, -0.1) is 0 Å². The van der Waals surface area contributed by atoms with Crippen LogP contribution in [-0.4, -0.2) is 32.4 Å². The maximum atomic E-state index is 11.9. The van der Waals surface area contributed by atoms with Crippen LogP contribution in [0, 0.1) is 6.92 Å². The van der Waals surface area contributed by atoms with Crippen LogP contribution in [0.3, 0.4) is 0 Å². The normalized spacial score (nSPS) is 13.5. The van der Waals surface area contributed by atoms with Gasteiger partial charge in [-0.05, 0) is 37.7 Å². The Balaban J connectivity index is 1.62. The van der Waals surface area contributed by atoms with E-state index in [1.54, 1.807) is 6.07 Å². The van der Waals surface area contributed by atoms with E-state index in [2.05, 4.69) is 29.4 Å². The van der Waals surface area contributed by atoms with Gasteiger partial charge in [-0.3, -0.25) is 14.3 Å². The Morgan fingerprint density at radius 3 is 2.68 bits per heavy atom. The van der Waals surface area contributed by atoms with Gasteiger partial charge in [0.2, 0.25) is 11.9 Å². The lowest BCUT2D eigenvalue weighted by Crippen LogP contribution is -2.12. The Morgan fingerprint density at radius 1 is 1.10 bits per heavy atom. The molecule has 1 aliphatic rings. The molecular formula is C24H24N6O. The Bertz CT molecular complexity index is 1290. The number of hydrogen-bond acceptors (Lipinski definition) is 5. The first-order valence-electron chi connectivity index (χ1n) is 10.3. The van der Waals surface area contributed by atoms with Crippen LogP contribution >= 0.6 is 0 Å². The summed E-state index contributed by atoms with van der Waals surface area (Å²) in [5, 5.41) is 4.33. The number of nitrogens with zero attached hydrogens (tertiary/aromatic N) is 4. The van der Waals surface area contributed by atoms with E-state index in [9.17, 15) is 4.79 Å². The molecule has 7 heteroatoms. The van der Waals surface area contributed by atoms with Crippen molar-refractivity contribution in [2.45, 2.75) is 26.6 Å². The molecule has 1 aliphatic heterocycles. The third kappa shape index (κ3) is 3.43. The largest absolute Gasteiger partial charge is 0.366 e. The Morgan fingerprint density at radius 2 is 1.90 bits per heavy atom. The third-order valence-electron chi connectivity index (χ3n) is 5.73. The molecule has 0 saturated heterocycles. The second-order valence-electron chi connectivity index (χ2n) is 8.03. The molecule has 0 saturated carbocycles. The van der Waals surface area contributed by atoms with Crippen molar-refractivity contribution in [1.29, 1.82) is 0 Å². The minimum Gasteiger partial charge on any atom is -0.366 e. The van der Waals surface area contributed by atoms with Crippen molar-refractivity contribution in [3.05, 3.63) is 82.7 Å². The summed E-state index contributed by atoms with van der Waals surface area (Å²) >= 11 is 0. The zero-order valence-electron chi connectivity index (χ0n) is 17.6. The van der Waals surface area contributed by atoms with Crippen LogP contribution in [0.4, 0.5) is 5.82 Å². The van der Waals surface area contributed by atoms with Crippen LogP contribution in [0.25, 0.3) is 16.9 Å². The molecular weight excluding hydrogens is 388 g/mol. The number of carbonyl (C=O) groups excluding carboxylic acids is 1. The fourth-order valence-corrected chi connectivity index (χ4v) is 4.27. The van der Waals surface area contributed by atoms with Gasteiger partial charge in [0.25, 0.3) is 0 Å². The molecule has 0 radical (unpaired) electrons. The number of primary amides is 1. The summed E-state index contributed by atoms with van der Waals surface area (Å²) in [7, 11) is 2.08. The molecule has 0 fully saturated rings. The van der Waals surface area contributed by atoms with Crippen molar-refractivity contribution in [2.24, 2.45) is 5.73 Å². The lowest BCUT2D eigenvalue weighted by molar-refractivity contribution is 0.100. The standard InChI is InChI=1S/C24H24N6O/c1-15-11-18-17(22(25)31)9-6-10-21(18)30(15)24-27-20-14-29(2)13-19(20)23(28-24)26-12-16-7-4-3-5-8-16/h3-11H,12-14H2,1-2H3,(H2,25,31)(H,26,27,28). The summed E-state index contributed by atoms with van der Waals surface area (Å²) in [4.78, 5) is 23.9. The average Bonchev–Trinajstić information content (AvgIpc) is 3.30. The number of aryl methyl sites for hydroxylation is 1. The van der Waals surface area contributed by atoms with Crippen molar-refractivity contribution in [2.75, 3.05) is 12.4 Å². The summed E-state index contributed by atoms with van der Waals surface area (Å²) in [6, 6.07) is 17.8. The minimum atomic E-state index is -0.440. The van der Waals surface area contributed by atoms with Crippen molar-refractivity contribution in [3.63, 3.8) is 0 Å². The van der Waals surface area contributed by atoms with E-state index in [1.165, 1.54) is 5.56 Å². The minimum absolute atomic E-state index is 0.440. The number of rotatable bonds is 5. The van der Waals surface area contributed by atoms with Crippen molar-refractivity contribution < 1.29 is 4.79 Å². The van der Waals surface area contributed by atoms with E-state index in [-0.39, 0.29) is 0 Å². The van der Waals surface area contributed by atoms with E-state index >= 15 is 0 Å². The molecule has 31 heavy (non-hydrogen) atoms. The maximum Gasteiger partial charge on any atom is 0.249 e. The highest BCUT2D eigenvalue weighted by Crippen LogP contribution is 2.30. The third-order valence-corrected chi connectivity index (χ3v) is 5.73. The lowest BCUT2D eigenvalue weighted by atomic mass is 10.1. The summed E-state index contributed by atoms with van der Waals surface area (Å²) in [5.41, 5.74) is 11.3. The Hall–Kier alpha value is -3.71. The van der Waals surface area contributed by atoms with E-state index in [0.717, 1.165) is 46.8 Å². The topological polar surface area (TPSA) is 89.1 Å². The summed E-state index contributed by atoms with van der Waals surface area (Å²) in [6.45, 7) is 4.26. The number of fused-ring (bicyclic) bond motifs is 2. The monoisotopic (exact) mass is 412 g/mol. The number of amides is 1. The molecule has 0 spiro atoms. The van der Waals surface area contributed by atoms with Gasteiger partial charge in [0.05, 0.1) is 11.2 Å². The van der Waals surface area contributed by atoms with Gasteiger partial charge in [-0.25, -0.2) is 4.98 Å². The molecule has 2 aromatic heterocycles. The van der Waals surface area contributed by atoms with Gasteiger partial charge >= 0.3 is 0 Å². The molecule has 5 rings (SSSR count). The molecule has 0 atom stereocenters. The van der Waals surface area contributed by atoms with Crippen LogP contribution in [-0.2, 0) is 19.6 Å². The molecule has 156 valence electrons. The molecule has 3 N–H and O–H groups in total. The zero-order valence-corrected chi connectivity index (χ0v) is 17.6. The first kappa shape index (κ1) is 19.3. The quantitative estimate of drug-likeness (QED) is 0.525. The first-order chi connectivity index (χ1) is 15.0. The van der Waals surface area contributed by atoms with Crippen molar-refractivity contribution in [1.82, 2.24) is 19.4 Å². The van der Waals surface area contributed by atoms with Crippen LogP contribution in [0.5, 0.6) is 0 Å². The van der Waals surface area contributed by atoms with E-state index in [0.29, 0.717) is 18.1 Å². The smallest absolute Gasteiger partial charge is 0.249 e. The SMILES string of the molecule is Cc1cc2c(C(N)=O)cccc2n1-c1nc2c(c(NCc3ccccc3)n1)CN(C)C2. The lowest BCUT2D eigenvalue weighted by Gasteiger charge is -2.14. The molecule has 0 bridgehead atoms. The molecule has 1 amide bonds. The van der Waals surface area contributed by atoms with Gasteiger partial charge in [0.15, 0.2) is 0 Å². The summed E-state index contributed by atoms with van der Waals surface area (Å²) in [6.07, 6.45) is 0. The van der Waals surface area contributed by atoms with E-state index in [1.807, 2.05) is 47.9 Å². The molecule has 4 aromatic rings. The highest BCUT2D eigenvalue weighted by Gasteiger charge is 2.24. The molecule has 3 heterocycles. The summed E-state index contributed by atoms with van der Waals surface area (Å²) < 4.78 is 1.99. The van der Waals surface area contributed by atoms with E-state index in [4.69, 9.17) is 15.7 Å². The predicted molar refractivity (Wildman–Crippen MR) is 121 cm³/mol. The fraction of sp³-hybridized carbons (Fsp3) is 0.208. The number of hydrogen-bond donors (Lipinski definition) is 2. The number of nitrogens with two attached hydrogens (primary N) is 1. The molecule has 2 aromatic carbocycles.